The summed E-state index contributed by atoms with van der Waals surface area (Å²) in [6.07, 6.45) is 44.8. The van der Waals surface area contributed by atoms with Gasteiger partial charge in [0, 0.05) is 13.2 Å². The second kappa shape index (κ2) is 34.7. The highest BCUT2D eigenvalue weighted by Gasteiger charge is 2.08. The fourth-order valence-corrected chi connectivity index (χ4v) is 5.59. The van der Waals surface area contributed by atoms with Crippen LogP contribution >= 0.6 is 0 Å². The van der Waals surface area contributed by atoms with Crippen molar-refractivity contribution in [2.45, 2.75) is 206 Å². The van der Waals surface area contributed by atoms with Gasteiger partial charge >= 0.3 is 0 Å². The minimum Gasteiger partial charge on any atom is -0.396 e. The zero-order chi connectivity index (χ0) is 27.6. The van der Waals surface area contributed by atoms with Crippen LogP contribution in [0.4, 0.5) is 0 Å². The molecule has 228 valence electrons. The van der Waals surface area contributed by atoms with Crippen molar-refractivity contribution in [2.75, 3.05) is 13.2 Å². The minimum atomic E-state index is 0.357. The van der Waals surface area contributed by atoms with E-state index in [0.29, 0.717) is 12.7 Å². The average molecular weight is 537 g/mol. The summed E-state index contributed by atoms with van der Waals surface area (Å²) in [5.41, 5.74) is 0. The van der Waals surface area contributed by atoms with Crippen LogP contribution in [0.2, 0.25) is 0 Å². The van der Waals surface area contributed by atoms with Crippen LogP contribution in [0.5, 0.6) is 0 Å². The third kappa shape index (κ3) is 31.9. The maximum Gasteiger partial charge on any atom is 0.0575 e. The van der Waals surface area contributed by atoms with Gasteiger partial charge in [0.2, 0.25) is 0 Å². The predicted octanol–water partition coefficient (Wildman–Crippen LogP) is 12.3. The SMILES string of the molecule is CCCCCCCCCCCCCCCCC(CCCCCCCC=CCCCCCCCCO)OCC. The lowest BCUT2D eigenvalue weighted by molar-refractivity contribution is 0.0470. The van der Waals surface area contributed by atoms with Crippen LogP contribution in [-0.2, 0) is 4.74 Å². The van der Waals surface area contributed by atoms with Crippen LogP contribution in [0, 0.1) is 0 Å². The second-order valence-electron chi connectivity index (χ2n) is 11.9. The number of rotatable bonds is 33. The lowest BCUT2D eigenvalue weighted by Gasteiger charge is -2.17. The van der Waals surface area contributed by atoms with Crippen molar-refractivity contribution >= 4 is 0 Å². The van der Waals surface area contributed by atoms with Gasteiger partial charge in [-0.05, 0) is 51.9 Å². The van der Waals surface area contributed by atoms with E-state index in [1.54, 1.807) is 0 Å². The highest BCUT2D eigenvalue weighted by Crippen LogP contribution is 2.18. The summed E-state index contributed by atoms with van der Waals surface area (Å²) in [5.74, 6) is 0. The molecular formula is C36H72O2. The van der Waals surface area contributed by atoms with E-state index in [-0.39, 0.29) is 0 Å². The highest BCUT2D eigenvalue weighted by molar-refractivity contribution is 4.81. The molecule has 0 fully saturated rings. The molecule has 38 heavy (non-hydrogen) atoms. The van der Waals surface area contributed by atoms with E-state index < -0.39 is 0 Å². The summed E-state index contributed by atoms with van der Waals surface area (Å²) >= 11 is 0. The molecule has 0 saturated heterocycles. The van der Waals surface area contributed by atoms with Crippen molar-refractivity contribution in [2.24, 2.45) is 0 Å². The van der Waals surface area contributed by atoms with Gasteiger partial charge in [-0.25, -0.2) is 0 Å². The Morgan fingerprint density at radius 3 is 1.16 bits per heavy atom. The van der Waals surface area contributed by atoms with Gasteiger partial charge in [0.15, 0.2) is 0 Å². The Kier molecular flexibility index (Phi) is 34.4. The number of aliphatic hydroxyl groups is 1. The molecule has 0 aliphatic carbocycles. The first-order valence-electron chi connectivity index (χ1n) is 17.7. The van der Waals surface area contributed by atoms with Crippen molar-refractivity contribution in [1.82, 2.24) is 0 Å². The molecule has 1 atom stereocenters. The highest BCUT2D eigenvalue weighted by atomic mass is 16.5. The van der Waals surface area contributed by atoms with Crippen molar-refractivity contribution in [3.05, 3.63) is 12.2 Å². The molecule has 1 unspecified atom stereocenters. The second-order valence-corrected chi connectivity index (χ2v) is 11.9. The predicted molar refractivity (Wildman–Crippen MR) is 171 cm³/mol. The molecule has 0 aromatic rings. The van der Waals surface area contributed by atoms with Crippen LogP contribution in [0.25, 0.3) is 0 Å². The zero-order valence-electron chi connectivity index (χ0n) is 26.5. The molecule has 0 radical (unpaired) electrons. The first-order valence-corrected chi connectivity index (χ1v) is 17.7. The van der Waals surface area contributed by atoms with Crippen LogP contribution in [0.3, 0.4) is 0 Å². The number of hydrogen-bond acceptors (Lipinski definition) is 2. The van der Waals surface area contributed by atoms with Crippen molar-refractivity contribution in [1.29, 1.82) is 0 Å². The summed E-state index contributed by atoms with van der Waals surface area (Å²) in [7, 11) is 0. The lowest BCUT2D eigenvalue weighted by atomic mass is 10.0. The zero-order valence-corrected chi connectivity index (χ0v) is 26.5. The van der Waals surface area contributed by atoms with Crippen LogP contribution in [-0.4, -0.2) is 24.4 Å². The number of hydrogen-bond donors (Lipinski definition) is 1. The van der Waals surface area contributed by atoms with Gasteiger partial charge < -0.3 is 9.84 Å². The Labute approximate surface area is 241 Å². The number of unbranched alkanes of at least 4 members (excludes halogenated alkanes) is 24. The smallest absolute Gasteiger partial charge is 0.0575 e. The van der Waals surface area contributed by atoms with Crippen LogP contribution in [0.15, 0.2) is 12.2 Å². The lowest BCUT2D eigenvalue weighted by Crippen LogP contribution is -2.12. The largest absolute Gasteiger partial charge is 0.396 e. The quantitative estimate of drug-likeness (QED) is 0.0667. The summed E-state index contributed by atoms with van der Waals surface area (Å²) in [6.45, 7) is 5.69. The van der Waals surface area contributed by atoms with Gasteiger partial charge in [-0.3, -0.25) is 0 Å². The number of ether oxygens (including phenoxy) is 1. The molecular weight excluding hydrogens is 464 g/mol. The summed E-state index contributed by atoms with van der Waals surface area (Å²) < 4.78 is 6.06. The molecule has 0 amide bonds. The normalized spacial score (nSPS) is 12.6. The molecule has 2 heteroatoms. The van der Waals surface area contributed by atoms with Crippen LogP contribution in [0.1, 0.15) is 200 Å². The van der Waals surface area contributed by atoms with E-state index in [0.717, 1.165) is 13.0 Å². The average Bonchev–Trinajstić information content (AvgIpc) is 2.92. The monoisotopic (exact) mass is 537 g/mol. The molecule has 0 aromatic heterocycles. The third-order valence-electron chi connectivity index (χ3n) is 8.12. The molecule has 0 saturated carbocycles. The Hall–Kier alpha value is -0.340. The number of aliphatic hydroxyl groups excluding tert-OH is 1. The van der Waals surface area contributed by atoms with E-state index in [4.69, 9.17) is 9.84 Å². The van der Waals surface area contributed by atoms with Crippen molar-refractivity contribution in [3.63, 3.8) is 0 Å². The summed E-state index contributed by atoms with van der Waals surface area (Å²) in [4.78, 5) is 0. The summed E-state index contributed by atoms with van der Waals surface area (Å²) in [5, 5.41) is 8.79. The third-order valence-corrected chi connectivity index (χ3v) is 8.12. The molecule has 0 bridgehead atoms. The fraction of sp³-hybridized carbons (Fsp3) is 0.944. The van der Waals surface area contributed by atoms with E-state index >= 15 is 0 Å². The molecule has 1 N–H and O–H groups in total. The van der Waals surface area contributed by atoms with Gasteiger partial charge in [0.1, 0.15) is 0 Å². The van der Waals surface area contributed by atoms with E-state index in [9.17, 15) is 0 Å². The Bertz CT molecular complexity index is 433. The molecule has 0 aliphatic heterocycles. The Balaban J connectivity index is 3.41. The number of allylic oxidation sites excluding steroid dienone is 2. The topological polar surface area (TPSA) is 29.5 Å². The standard InChI is InChI=1S/C36H72O2/c1-3-5-6-7-8-9-10-11-15-18-21-24-27-30-33-36(38-4-2)34-31-28-25-22-19-16-13-12-14-17-20-23-26-29-32-35-37/h12-13,36-37H,3-11,14-35H2,1-2H3. The van der Waals surface area contributed by atoms with E-state index in [1.165, 1.54) is 180 Å². The van der Waals surface area contributed by atoms with Gasteiger partial charge in [-0.1, -0.05) is 160 Å². The first kappa shape index (κ1) is 37.7. The van der Waals surface area contributed by atoms with Crippen molar-refractivity contribution < 1.29 is 9.84 Å². The summed E-state index contributed by atoms with van der Waals surface area (Å²) in [6, 6.07) is 0. The van der Waals surface area contributed by atoms with Crippen LogP contribution < -0.4 is 0 Å². The molecule has 0 heterocycles. The fourth-order valence-electron chi connectivity index (χ4n) is 5.59. The van der Waals surface area contributed by atoms with Gasteiger partial charge in [-0.15, -0.1) is 0 Å². The molecule has 0 spiro atoms. The van der Waals surface area contributed by atoms with Gasteiger partial charge in [-0.2, -0.15) is 0 Å². The maximum absolute atomic E-state index is 8.79. The van der Waals surface area contributed by atoms with E-state index in [1.807, 2.05) is 0 Å². The first-order chi connectivity index (χ1) is 18.8. The molecule has 0 aliphatic rings. The Morgan fingerprint density at radius 2 is 0.789 bits per heavy atom. The molecule has 0 aromatic carbocycles. The maximum atomic E-state index is 8.79. The minimum absolute atomic E-state index is 0.357. The Morgan fingerprint density at radius 1 is 0.447 bits per heavy atom. The molecule has 0 rings (SSSR count). The molecule has 2 nitrogen and oxygen atoms in total. The van der Waals surface area contributed by atoms with Gasteiger partial charge in [0.05, 0.1) is 6.10 Å². The van der Waals surface area contributed by atoms with Crippen molar-refractivity contribution in [3.8, 4) is 0 Å². The van der Waals surface area contributed by atoms with Gasteiger partial charge in [0.25, 0.3) is 0 Å². The van der Waals surface area contributed by atoms with E-state index in [2.05, 4.69) is 26.0 Å².